The summed E-state index contributed by atoms with van der Waals surface area (Å²) in [4.78, 5) is 15.1. The molecule has 0 spiro atoms. The maximum Gasteiger partial charge on any atom is 0.407 e. The van der Waals surface area contributed by atoms with Crippen LogP contribution in [-0.4, -0.2) is 53.5 Å². The average Bonchev–Trinajstić information content (AvgIpc) is 3.13. The molecule has 2 aliphatic heterocycles. The number of anilines is 1. The molecule has 2 aliphatic rings. The molecular formula is C18H25FN2O3. The fraction of sp³-hybridized carbons (Fsp3) is 0.611. The topological polar surface area (TPSA) is 53.0 Å². The third-order valence-corrected chi connectivity index (χ3v) is 5.24. The van der Waals surface area contributed by atoms with Gasteiger partial charge in [0, 0.05) is 24.8 Å². The largest absolute Gasteiger partial charge is 0.494 e. The van der Waals surface area contributed by atoms with Gasteiger partial charge in [0.1, 0.15) is 11.9 Å². The number of benzene rings is 1. The van der Waals surface area contributed by atoms with Crippen LogP contribution in [-0.2, 0) is 0 Å². The highest BCUT2D eigenvalue weighted by Crippen LogP contribution is 2.46. The van der Waals surface area contributed by atoms with Gasteiger partial charge in [0.25, 0.3) is 0 Å². The Labute approximate surface area is 142 Å². The van der Waals surface area contributed by atoms with E-state index in [1.54, 1.807) is 0 Å². The van der Waals surface area contributed by atoms with Crippen molar-refractivity contribution < 1.29 is 19.0 Å². The van der Waals surface area contributed by atoms with Gasteiger partial charge in [-0.05, 0) is 44.0 Å². The fourth-order valence-corrected chi connectivity index (χ4v) is 4.15. The number of piperazine rings is 1. The predicted octanol–water partition coefficient (Wildman–Crippen LogP) is 3.53. The molecule has 2 fully saturated rings. The van der Waals surface area contributed by atoms with E-state index < -0.39 is 17.8 Å². The number of carboxylic acid groups (broad SMARTS) is 1. The Morgan fingerprint density at radius 3 is 2.71 bits per heavy atom. The molecule has 132 valence electrons. The SMILES string of the molecule is CCCC(F)[C@@]12C[C@@H](CN1C(=O)O)N(c1ccc(OCC)cc1)C2. The van der Waals surface area contributed by atoms with Gasteiger partial charge < -0.3 is 14.7 Å². The van der Waals surface area contributed by atoms with Crippen molar-refractivity contribution in [3.05, 3.63) is 24.3 Å². The van der Waals surface area contributed by atoms with Gasteiger partial charge in [-0.3, -0.25) is 4.90 Å². The first-order valence-electron chi connectivity index (χ1n) is 8.66. The highest BCUT2D eigenvalue weighted by atomic mass is 19.1. The summed E-state index contributed by atoms with van der Waals surface area (Å²) in [6.07, 6.45) is -0.468. The molecule has 1 aromatic rings. The Balaban J connectivity index is 1.83. The van der Waals surface area contributed by atoms with Gasteiger partial charge in [0.05, 0.1) is 12.1 Å². The van der Waals surface area contributed by atoms with Gasteiger partial charge in [0.15, 0.2) is 0 Å². The van der Waals surface area contributed by atoms with Crippen LogP contribution in [0.3, 0.4) is 0 Å². The number of alkyl halides is 1. The van der Waals surface area contributed by atoms with Gasteiger partial charge in [0.2, 0.25) is 0 Å². The number of likely N-dealkylation sites (tertiary alicyclic amines) is 1. The lowest BCUT2D eigenvalue weighted by Crippen LogP contribution is -2.60. The summed E-state index contributed by atoms with van der Waals surface area (Å²) in [5, 5.41) is 9.49. The van der Waals surface area contributed by atoms with Crippen molar-refractivity contribution in [3.63, 3.8) is 0 Å². The van der Waals surface area contributed by atoms with E-state index in [0.29, 0.717) is 39.0 Å². The summed E-state index contributed by atoms with van der Waals surface area (Å²) in [5.74, 6) is 0.807. The second kappa shape index (κ2) is 6.49. The Hall–Kier alpha value is -1.98. The molecule has 0 aliphatic carbocycles. The maximum atomic E-state index is 14.9. The lowest BCUT2D eigenvalue weighted by atomic mass is 9.89. The van der Waals surface area contributed by atoms with Gasteiger partial charge in [-0.25, -0.2) is 9.18 Å². The van der Waals surface area contributed by atoms with Crippen molar-refractivity contribution in [2.45, 2.75) is 50.9 Å². The molecule has 0 radical (unpaired) electrons. The minimum absolute atomic E-state index is 0.0362. The van der Waals surface area contributed by atoms with Crippen LogP contribution in [0, 0.1) is 0 Å². The monoisotopic (exact) mass is 336 g/mol. The van der Waals surface area contributed by atoms with Gasteiger partial charge in [-0.1, -0.05) is 13.3 Å². The van der Waals surface area contributed by atoms with Crippen LogP contribution in [0.2, 0.25) is 0 Å². The van der Waals surface area contributed by atoms with E-state index >= 15 is 0 Å². The fourth-order valence-electron chi connectivity index (χ4n) is 4.15. The van der Waals surface area contributed by atoms with Crippen LogP contribution < -0.4 is 9.64 Å². The van der Waals surface area contributed by atoms with Crippen molar-refractivity contribution in [1.82, 2.24) is 4.90 Å². The van der Waals surface area contributed by atoms with E-state index in [2.05, 4.69) is 4.90 Å². The Morgan fingerprint density at radius 1 is 1.42 bits per heavy atom. The number of fused-ring (bicyclic) bond motifs is 2. The molecule has 6 heteroatoms. The molecule has 0 aromatic heterocycles. The molecule has 0 saturated carbocycles. The molecular weight excluding hydrogens is 311 g/mol. The third kappa shape index (κ3) is 2.68. The summed E-state index contributed by atoms with van der Waals surface area (Å²) in [7, 11) is 0. The summed E-state index contributed by atoms with van der Waals surface area (Å²) in [6.45, 7) is 5.27. The van der Waals surface area contributed by atoms with Crippen molar-refractivity contribution in [1.29, 1.82) is 0 Å². The number of rotatable bonds is 6. The van der Waals surface area contributed by atoms with Crippen LogP contribution >= 0.6 is 0 Å². The molecule has 5 nitrogen and oxygen atoms in total. The highest BCUT2D eigenvalue weighted by Gasteiger charge is 2.60. The molecule has 1 aromatic carbocycles. The second-order valence-corrected chi connectivity index (χ2v) is 6.67. The van der Waals surface area contributed by atoms with E-state index in [0.717, 1.165) is 11.4 Å². The van der Waals surface area contributed by atoms with Crippen LogP contribution in [0.4, 0.5) is 14.9 Å². The number of nitrogens with zero attached hydrogens (tertiary/aromatic N) is 2. The second-order valence-electron chi connectivity index (χ2n) is 6.67. The van der Waals surface area contributed by atoms with E-state index in [9.17, 15) is 14.3 Å². The Kier molecular flexibility index (Phi) is 4.56. The van der Waals surface area contributed by atoms with Gasteiger partial charge >= 0.3 is 6.09 Å². The molecule has 2 saturated heterocycles. The molecule has 1 amide bonds. The standard InChI is InChI=1S/C18H25FN2O3/c1-3-5-16(19)18-10-14(11-21(18)17(22)23)20(12-18)13-6-8-15(9-7-13)24-4-2/h6-9,14,16H,3-5,10-12H2,1-2H3,(H,22,23)/t14-,16?,18-/m0/s1. The van der Waals surface area contributed by atoms with Crippen molar-refractivity contribution in [2.75, 3.05) is 24.6 Å². The first-order valence-corrected chi connectivity index (χ1v) is 8.66. The van der Waals surface area contributed by atoms with E-state index in [1.807, 2.05) is 38.1 Å². The van der Waals surface area contributed by atoms with Crippen LogP contribution in [0.25, 0.3) is 0 Å². The number of hydrogen-bond donors (Lipinski definition) is 1. The number of hydrogen-bond acceptors (Lipinski definition) is 3. The summed E-state index contributed by atoms with van der Waals surface area (Å²) >= 11 is 0. The van der Waals surface area contributed by atoms with Crippen molar-refractivity contribution in [2.24, 2.45) is 0 Å². The highest BCUT2D eigenvalue weighted by molar-refractivity contribution is 5.69. The predicted molar refractivity (Wildman–Crippen MR) is 90.6 cm³/mol. The van der Waals surface area contributed by atoms with Gasteiger partial charge in [-0.15, -0.1) is 0 Å². The number of carbonyl (C=O) groups is 1. The van der Waals surface area contributed by atoms with E-state index in [4.69, 9.17) is 4.74 Å². The molecule has 3 atom stereocenters. The lowest BCUT2D eigenvalue weighted by molar-refractivity contribution is 0.0455. The molecule has 2 heterocycles. The molecule has 24 heavy (non-hydrogen) atoms. The van der Waals surface area contributed by atoms with E-state index in [1.165, 1.54) is 4.90 Å². The first-order chi connectivity index (χ1) is 11.5. The number of amides is 1. The maximum absolute atomic E-state index is 14.9. The van der Waals surface area contributed by atoms with Crippen molar-refractivity contribution >= 4 is 11.8 Å². The Bertz CT molecular complexity index is 594. The van der Waals surface area contributed by atoms with Crippen LogP contribution in [0.15, 0.2) is 24.3 Å². The molecule has 2 bridgehead atoms. The molecule has 1 unspecified atom stereocenters. The smallest absolute Gasteiger partial charge is 0.407 e. The summed E-state index contributed by atoms with van der Waals surface area (Å²) < 4.78 is 20.4. The minimum Gasteiger partial charge on any atom is -0.494 e. The zero-order valence-electron chi connectivity index (χ0n) is 14.2. The quantitative estimate of drug-likeness (QED) is 0.863. The van der Waals surface area contributed by atoms with Crippen molar-refractivity contribution in [3.8, 4) is 5.75 Å². The van der Waals surface area contributed by atoms with Crippen LogP contribution in [0.5, 0.6) is 5.75 Å². The van der Waals surface area contributed by atoms with Crippen LogP contribution in [0.1, 0.15) is 33.1 Å². The zero-order chi connectivity index (χ0) is 17.3. The third-order valence-electron chi connectivity index (χ3n) is 5.24. The lowest BCUT2D eigenvalue weighted by Gasteiger charge is -2.43. The number of halogens is 1. The minimum atomic E-state index is -1.13. The summed E-state index contributed by atoms with van der Waals surface area (Å²) in [5.41, 5.74) is 0.0875. The normalized spacial score (nSPS) is 26.7. The van der Waals surface area contributed by atoms with Gasteiger partial charge in [-0.2, -0.15) is 0 Å². The zero-order valence-corrected chi connectivity index (χ0v) is 14.2. The number of ether oxygens (including phenoxy) is 1. The molecule has 3 rings (SSSR count). The average molecular weight is 336 g/mol. The summed E-state index contributed by atoms with van der Waals surface area (Å²) in [6, 6.07) is 7.79. The molecule has 1 N–H and O–H groups in total. The Morgan fingerprint density at radius 2 is 2.12 bits per heavy atom. The van der Waals surface area contributed by atoms with E-state index in [-0.39, 0.29) is 6.04 Å². The first kappa shape index (κ1) is 16.9.